The van der Waals surface area contributed by atoms with Crippen molar-refractivity contribution in [3.05, 3.63) is 36.4 Å². The maximum Gasteiger partial charge on any atom is 0.228 e. The van der Waals surface area contributed by atoms with E-state index in [4.69, 9.17) is 13.0 Å². The first-order valence-electron chi connectivity index (χ1n) is 12.4. The topological polar surface area (TPSA) is 124 Å². The molecule has 4 rings (SSSR count). The van der Waals surface area contributed by atoms with E-state index in [2.05, 4.69) is 30.7 Å². The first kappa shape index (κ1) is 14.2. The maximum atomic E-state index is 12.8. The van der Waals surface area contributed by atoms with E-state index in [0.717, 1.165) is 23.9 Å². The zero-order valence-electron chi connectivity index (χ0n) is 22.5. The third kappa shape index (κ3) is 4.37. The van der Waals surface area contributed by atoms with Crippen molar-refractivity contribution in [3.8, 4) is 17.1 Å². The molecule has 0 radical (unpaired) electrons. The lowest BCUT2D eigenvalue weighted by atomic mass is 10.1. The van der Waals surface area contributed by atoms with Crippen LogP contribution in [-0.4, -0.2) is 43.5 Å². The largest absolute Gasteiger partial charge is 0.492 e. The molecule has 3 aromatic rings. The molecule has 1 aliphatic rings. The average Bonchev–Trinajstić information content (AvgIpc) is 3.53. The van der Waals surface area contributed by atoms with E-state index in [-0.39, 0.29) is 46.3 Å². The fourth-order valence-corrected chi connectivity index (χ4v) is 2.95. The number of nitrogens with one attached hydrogen (secondary N) is 2. The van der Waals surface area contributed by atoms with E-state index in [1.54, 1.807) is 0 Å². The first-order valence-corrected chi connectivity index (χ1v) is 9.42. The van der Waals surface area contributed by atoms with Crippen LogP contribution in [0.1, 0.15) is 44.7 Å². The van der Waals surface area contributed by atoms with E-state index >= 15 is 0 Å². The van der Waals surface area contributed by atoms with Gasteiger partial charge in [-0.2, -0.15) is 5.10 Å². The SMILES string of the molecule is [2H]C([2H])([2H])CC(=O)c1cnc(NC(=O)C2CC2)cc1Nc1nccc(-c2ncn(C([2H])([2H])[2H])n2)c1OC. The fourth-order valence-electron chi connectivity index (χ4n) is 2.95. The molecule has 0 aromatic carbocycles. The Kier molecular flexibility index (Phi) is 3.90. The quantitative estimate of drug-likeness (QED) is 0.526. The average molecular weight is 427 g/mol. The minimum atomic E-state index is -2.52. The highest BCUT2D eigenvalue weighted by molar-refractivity contribution is 6.02. The summed E-state index contributed by atoms with van der Waals surface area (Å²) >= 11 is 0. The number of ether oxygens (including phenoxy) is 1. The van der Waals surface area contributed by atoms with Crippen LogP contribution >= 0.6 is 0 Å². The van der Waals surface area contributed by atoms with Crippen LogP contribution in [0.15, 0.2) is 30.9 Å². The summed E-state index contributed by atoms with van der Waals surface area (Å²) in [5, 5.41) is 9.64. The van der Waals surface area contributed by atoms with Gasteiger partial charge in [0.25, 0.3) is 0 Å². The van der Waals surface area contributed by atoms with Crippen LogP contribution in [0.3, 0.4) is 0 Å². The van der Waals surface area contributed by atoms with Gasteiger partial charge in [0.05, 0.1) is 23.9 Å². The molecule has 1 aliphatic carbocycles. The molecule has 3 aromatic heterocycles. The summed E-state index contributed by atoms with van der Waals surface area (Å²) in [5.74, 6) is -0.505. The van der Waals surface area contributed by atoms with Crippen LogP contribution in [0.25, 0.3) is 11.4 Å². The van der Waals surface area contributed by atoms with E-state index in [1.165, 1.54) is 31.6 Å². The molecule has 2 N–H and O–H groups in total. The Labute approximate surface area is 187 Å². The van der Waals surface area contributed by atoms with Gasteiger partial charge in [0.2, 0.25) is 5.91 Å². The molecule has 0 bridgehead atoms. The van der Waals surface area contributed by atoms with E-state index in [0.29, 0.717) is 5.56 Å². The van der Waals surface area contributed by atoms with Crippen molar-refractivity contribution >= 4 is 29.0 Å². The Morgan fingerprint density at radius 3 is 2.90 bits per heavy atom. The summed E-state index contributed by atoms with van der Waals surface area (Å²) < 4.78 is 51.1. The first-order chi connectivity index (χ1) is 17.4. The number of rotatable bonds is 8. The highest BCUT2D eigenvalue weighted by Crippen LogP contribution is 2.36. The monoisotopic (exact) mass is 427 g/mol. The summed E-state index contributed by atoms with van der Waals surface area (Å²) in [5.41, 5.74) is 0.425. The van der Waals surface area contributed by atoms with Crippen molar-refractivity contribution < 1.29 is 22.6 Å². The Balaban J connectivity index is 1.72. The summed E-state index contributed by atoms with van der Waals surface area (Å²) in [4.78, 5) is 37.4. The minimum Gasteiger partial charge on any atom is -0.492 e. The molecular formula is C21H23N7O3. The predicted molar refractivity (Wildman–Crippen MR) is 114 cm³/mol. The van der Waals surface area contributed by atoms with Crippen molar-refractivity contribution in [2.24, 2.45) is 12.9 Å². The number of anilines is 3. The number of pyridine rings is 2. The van der Waals surface area contributed by atoms with Crippen molar-refractivity contribution in [3.63, 3.8) is 0 Å². The number of nitrogens with zero attached hydrogens (tertiary/aromatic N) is 5. The van der Waals surface area contributed by atoms with Gasteiger partial charge in [-0.25, -0.2) is 15.0 Å². The highest BCUT2D eigenvalue weighted by atomic mass is 16.5. The second kappa shape index (κ2) is 8.50. The van der Waals surface area contributed by atoms with Gasteiger partial charge in [-0.1, -0.05) is 6.85 Å². The zero-order chi connectivity index (χ0) is 27.0. The second-order valence-corrected chi connectivity index (χ2v) is 6.86. The minimum absolute atomic E-state index is 0.0281. The van der Waals surface area contributed by atoms with Gasteiger partial charge in [-0.05, 0) is 18.9 Å². The van der Waals surface area contributed by atoms with Gasteiger partial charge in [0.1, 0.15) is 12.1 Å². The molecule has 31 heavy (non-hydrogen) atoms. The molecule has 0 spiro atoms. The zero-order valence-corrected chi connectivity index (χ0v) is 16.5. The van der Waals surface area contributed by atoms with Gasteiger partial charge < -0.3 is 15.4 Å². The summed E-state index contributed by atoms with van der Waals surface area (Å²) in [6.45, 7) is -5.03. The molecule has 0 atom stereocenters. The van der Waals surface area contributed by atoms with Gasteiger partial charge in [-0.3, -0.25) is 14.3 Å². The molecular weight excluding hydrogens is 398 g/mol. The molecule has 160 valence electrons. The summed E-state index contributed by atoms with van der Waals surface area (Å²) in [6, 6.07) is 2.93. The van der Waals surface area contributed by atoms with Crippen LogP contribution in [0, 0.1) is 5.92 Å². The van der Waals surface area contributed by atoms with Crippen LogP contribution in [0.5, 0.6) is 5.75 Å². The Morgan fingerprint density at radius 1 is 1.32 bits per heavy atom. The van der Waals surface area contributed by atoms with E-state index < -0.39 is 26.0 Å². The molecule has 10 heteroatoms. The maximum absolute atomic E-state index is 12.8. The van der Waals surface area contributed by atoms with Crippen molar-refractivity contribution in [1.29, 1.82) is 0 Å². The van der Waals surface area contributed by atoms with Crippen molar-refractivity contribution in [1.82, 2.24) is 24.7 Å². The van der Waals surface area contributed by atoms with E-state index in [1.807, 2.05) is 0 Å². The molecule has 1 saturated carbocycles. The molecule has 0 saturated heterocycles. The number of ketones is 1. The van der Waals surface area contributed by atoms with Crippen LogP contribution < -0.4 is 15.4 Å². The predicted octanol–water partition coefficient (Wildman–Crippen LogP) is 2.97. The lowest BCUT2D eigenvalue weighted by Gasteiger charge is -2.15. The third-order valence-electron chi connectivity index (χ3n) is 4.66. The number of hydrogen-bond donors (Lipinski definition) is 2. The molecule has 0 unspecified atom stereocenters. The number of aromatic nitrogens is 5. The number of carbonyl (C=O) groups excluding carboxylic acids is 2. The van der Waals surface area contributed by atoms with Gasteiger partial charge in [0.15, 0.2) is 23.2 Å². The Hall–Kier alpha value is -3.82. The number of carbonyl (C=O) groups is 2. The third-order valence-corrected chi connectivity index (χ3v) is 4.66. The molecule has 1 amide bonds. The summed E-state index contributed by atoms with van der Waals surface area (Å²) in [7, 11) is 1.36. The van der Waals surface area contributed by atoms with Crippen LogP contribution in [0.4, 0.5) is 17.3 Å². The van der Waals surface area contributed by atoms with Gasteiger partial charge in [-0.15, -0.1) is 0 Å². The second-order valence-electron chi connectivity index (χ2n) is 6.86. The lowest BCUT2D eigenvalue weighted by molar-refractivity contribution is -0.117. The molecule has 10 nitrogen and oxygen atoms in total. The molecule has 1 fully saturated rings. The van der Waals surface area contributed by atoms with Gasteiger partial charge in [0, 0.05) is 46.0 Å². The number of methoxy groups -OCH3 is 1. The number of aryl methyl sites for hydroxylation is 1. The number of amides is 1. The van der Waals surface area contributed by atoms with Crippen molar-refractivity contribution in [2.45, 2.75) is 26.1 Å². The fraction of sp³-hybridized carbons (Fsp3) is 0.333. The normalized spacial score (nSPS) is 16.7. The standard InChI is InChI=1S/C21H23N7O3/c1-4-16(29)14-10-23-17(26-21(30)12-5-6-12)9-15(14)25-20-18(31-3)13(7-8-22-20)19-24-11-28(2)27-19/h7-12H,4-6H2,1-3H3,(H2,22,23,25,26,30)/i1D3,2D3. The number of hydrogen-bond acceptors (Lipinski definition) is 8. The Morgan fingerprint density at radius 2 is 2.19 bits per heavy atom. The lowest BCUT2D eigenvalue weighted by Crippen LogP contribution is -2.15. The Bertz CT molecular complexity index is 1330. The van der Waals surface area contributed by atoms with Crippen LogP contribution in [0.2, 0.25) is 0 Å². The smallest absolute Gasteiger partial charge is 0.228 e. The molecule has 3 heterocycles. The van der Waals surface area contributed by atoms with Crippen LogP contribution in [-0.2, 0) is 11.8 Å². The number of Topliss-reactive ketones (excluding diaryl/α,β-unsaturated/α-hetero) is 1. The molecule has 0 aliphatic heterocycles. The van der Waals surface area contributed by atoms with Gasteiger partial charge >= 0.3 is 0 Å². The highest BCUT2D eigenvalue weighted by Gasteiger charge is 2.30. The van der Waals surface area contributed by atoms with E-state index in [9.17, 15) is 9.59 Å². The van der Waals surface area contributed by atoms with Crippen molar-refractivity contribution in [2.75, 3.05) is 17.7 Å². The summed E-state index contributed by atoms with van der Waals surface area (Å²) in [6.07, 6.45) is 4.50.